The second kappa shape index (κ2) is 7.82. The van der Waals surface area contributed by atoms with E-state index in [-0.39, 0.29) is 6.09 Å². The van der Waals surface area contributed by atoms with E-state index in [0.29, 0.717) is 13.2 Å². The number of nitrogens with zero attached hydrogens (tertiary/aromatic N) is 1. The van der Waals surface area contributed by atoms with Crippen molar-refractivity contribution in [2.24, 2.45) is 0 Å². The Kier molecular flexibility index (Phi) is 5.30. The van der Waals surface area contributed by atoms with Gasteiger partial charge >= 0.3 is 6.09 Å². The van der Waals surface area contributed by atoms with Gasteiger partial charge in [-0.1, -0.05) is 60.2 Å². The minimum absolute atomic E-state index is 0.221. The zero-order valence-electron chi connectivity index (χ0n) is 13.4. The highest BCUT2D eigenvalue weighted by Gasteiger charge is 2.18. The fourth-order valence-corrected chi connectivity index (χ4v) is 2.91. The van der Waals surface area contributed by atoms with Gasteiger partial charge in [-0.05, 0) is 36.8 Å². The second-order valence-corrected chi connectivity index (χ2v) is 6.03. The van der Waals surface area contributed by atoms with Crippen LogP contribution in [0.5, 0.6) is 0 Å². The lowest BCUT2D eigenvalue weighted by Crippen LogP contribution is -2.35. The molecule has 0 unspecified atom stereocenters. The van der Waals surface area contributed by atoms with Crippen LogP contribution in [-0.2, 0) is 11.3 Å². The fraction of sp³-hybridized carbons (Fsp3) is 0.350. The summed E-state index contributed by atoms with van der Waals surface area (Å²) < 4.78 is 5.39. The smallest absolute Gasteiger partial charge is 0.410 e. The molecule has 23 heavy (non-hydrogen) atoms. The Labute approximate surface area is 137 Å². The second-order valence-electron chi connectivity index (χ2n) is 6.03. The predicted molar refractivity (Wildman–Crippen MR) is 92.0 cm³/mol. The lowest BCUT2D eigenvalue weighted by Gasteiger charge is -2.26. The topological polar surface area (TPSA) is 29.5 Å². The molecule has 1 aliphatic carbocycles. The molecular formula is C20H23NO2. The van der Waals surface area contributed by atoms with Crippen molar-refractivity contribution in [1.29, 1.82) is 0 Å². The summed E-state index contributed by atoms with van der Waals surface area (Å²) in [5, 5.41) is 0. The third-order valence-electron chi connectivity index (χ3n) is 4.27. The summed E-state index contributed by atoms with van der Waals surface area (Å²) in [6.07, 6.45) is 13.0. The molecule has 0 saturated carbocycles. The molecule has 3 nitrogen and oxygen atoms in total. The Morgan fingerprint density at radius 2 is 2.00 bits per heavy atom. The molecule has 0 radical (unpaired) electrons. The zero-order valence-corrected chi connectivity index (χ0v) is 13.4. The van der Waals surface area contributed by atoms with Crippen molar-refractivity contribution < 1.29 is 9.53 Å². The van der Waals surface area contributed by atoms with Crippen LogP contribution in [0.15, 0.2) is 65.8 Å². The van der Waals surface area contributed by atoms with Crippen LogP contribution in [-0.4, -0.2) is 24.1 Å². The lowest BCUT2D eigenvalue weighted by molar-refractivity contribution is 0.0989. The molecule has 2 aliphatic rings. The summed E-state index contributed by atoms with van der Waals surface area (Å²) in [5.41, 5.74) is 3.85. The van der Waals surface area contributed by atoms with Crippen LogP contribution in [0.4, 0.5) is 4.79 Å². The highest BCUT2D eigenvalue weighted by Crippen LogP contribution is 2.22. The summed E-state index contributed by atoms with van der Waals surface area (Å²) in [5.74, 6) is 0. The molecule has 0 spiro atoms. The summed E-state index contributed by atoms with van der Waals surface area (Å²) in [4.78, 5) is 13.9. The molecule has 120 valence electrons. The van der Waals surface area contributed by atoms with Crippen LogP contribution in [0.3, 0.4) is 0 Å². The molecule has 1 aromatic rings. The highest BCUT2D eigenvalue weighted by molar-refractivity contribution is 5.68. The third kappa shape index (κ3) is 4.59. The van der Waals surface area contributed by atoms with E-state index in [1.807, 2.05) is 30.3 Å². The van der Waals surface area contributed by atoms with Crippen LogP contribution < -0.4 is 0 Å². The van der Waals surface area contributed by atoms with E-state index in [1.165, 1.54) is 11.1 Å². The van der Waals surface area contributed by atoms with E-state index >= 15 is 0 Å². The molecule has 0 saturated heterocycles. The minimum atomic E-state index is -0.221. The van der Waals surface area contributed by atoms with E-state index in [0.717, 1.165) is 37.8 Å². The molecule has 0 N–H and O–H groups in total. The monoisotopic (exact) mass is 309 g/mol. The number of amides is 1. The number of carbonyl (C=O) groups is 1. The van der Waals surface area contributed by atoms with Gasteiger partial charge in [0.25, 0.3) is 0 Å². The van der Waals surface area contributed by atoms with E-state index in [9.17, 15) is 4.79 Å². The molecule has 0 atom stereocenters. The average molecular weight is 309 g/mol. The highest BCUT2D eigenvalue weighted by atomic mass is 16.6. The summed E-state index contributed by atoms with van der Waals surface area (Å²) in [7, 11) is 0. The molecule has 3 heteroatoms. The van der Waals surface area contributed by atoms with Crippen molar-refractivity contribution in [1.82, 2.24) is 4.90 Å². The lowest BCUT2D eigenvalue weighted by atomic mass is 9.96. The van der Waals surface area contributed by atoms with Gasteiger partial charge in [0, 0.05) is 13.1 Å². The largest absolute Gasteiger partial charge is 0.445 e. The van der Waals surface area contributed by atoms with Crippen molar-refractivity contribution in [3.8, 4) is 0 Å². The Balaban J connectivity index is 1.46. The standard InChI is InChI=1S/C20H23NO2/c22-20(23-16-19-9-5-2-6-10-19)21-13-11-18(12-14-21)15-17-7-3-1-4-8-17/h2-3,5-11H,1,4,12-16H2. The van der Waals surface area contributed by atoms with Crippen molar-refractivity contribution >= 4 is 6.09 Å². The van der Waals surface area contributed by atoms with Gasteiger partial charge in [0.05, 0.1) is 0 Å². The van der Waals surface area contributed by atoms with Crippen molar-refractivity contribution in [2.45, 2.75) is 32.3 Å². The third-order valence-corrected chi connectivity index (χ3v) is 4.27. The Morgan fingerprint density at radius 1 is 1.13 bits per heavy atom. The molecule has 1 aliphatic heterocycles. The Bertz CT molecular complexity index is 628. The van der Waals surface area contributed by atoms with Gasteiger partial charge in [-0.15, -0.1) is 0 Å². The van der Waals surface area contributed by atoms with Crippen LogP contribution in [0, 0.1) is 0 Å². The maximum absolute atomic E-state index is 12.1. The maximum Gasteiger partial charge on any atom is 0.410 e. The number of allylic oxidation sites excluding steroid dienone is 4. The van der Waals surface area contributed by atoms with Crippen LogP contribution in [0.25, 0.3) is 0 Å². The van der Waals surface area contributed by atoms with Gasteiger partial charge in [-0.25, -0.2) is 4.79 Å². The maximum atomic E-state index is 12.1. The van der Waals surface area contributed by atoms with Gasteiger partial charge in [0.1, 0.15) is 6.61 Å². The molecule has 1 aromatic carbocycles. The van der Waals surface area contributed by atoms with E-state index in [4.69, 9.17) is 4.74 Å². The van der Waals surface area contributed by atoms with Gasteiger partial charge in [0.15, 0.2) is 0 Å². The minimum Gasteiger partial charge on any atom is -0.445 e. The average Bonchev–Trinajstić information content (AvgIpc) is 2.62. The van der Waals surface area contributed by atoms with Gasteiger partial charge < -0.3 is 9.64 Å². The molecule has 0 aromatic heterocycles. The number of benzene rings is 1. The molecule has 0 bridgehead atoms. The fourth-order valence-electron chi connectivity index (χ4n) is 2.91. The molecule has 0 fully saturated rings. The number of hydrogen-bond donors (Lipinski definition) is 0. The van der Waals surface area contributed by atoms with Gasteiger partial charge in [0.2, 0.25) is 0 Å². The first-order valence-electron chi connectivity index (χ1n) is 8.30. The molecule has 1 amide bonds. The summed E-state index contributed by atoms with van der Waals surface area (Å²) in [6, 6.07) is 9.79. The van der Waals surface area contributed by atoms with Crippen molar-refractivity contribution in [3.63, 3.8) is 0 Å². The van der Waals surface area contributed by atoms with Crippen LogP contribution in [0.1, 0.15) is 31.2 Å². The number of ether oxygens (including phenoxy) is 1. The van der Waals surface area contributed by atoms with Crippen LogP contribution >= 0.6 is 0 Å². The van der Waals surface area contributed by atoms with E-state index < -0.39 is 0 Å². The Hall–Kier alpha value is -2.29. The first-order chi connectivity index (χ1) is 11.3. The predicted octanol–water partition coefficient (Wildman–Crippen LogP) is 4.62. The molecule has 3 rings (SSSR count). The molecular weight excluding hydrogens is 286 g/mol. The number of hydrogen-bond acceptors (Lipinski definition) is 2. The van der Waals surface area contributed by atoms with Gasteiger partial charge in [-0.2, -0.15) is 0 Å². The van der Waals surface area contributed by atoms with Crippen molar-refractivity contribution in [2.75, 3.05) is 13.1 Å². The normalized spacial score (nSPS) is 17.5. The van der Waals surface area contributed by atoms with Crippen LogP contribution in [0.2, 0.25) is 0 Å². The first-order valence-corrected chi connectivity index (χ1v) is 8.30. The van der Waals surface area contributed by atoms with E-state index in [1.54, 1.807) is 4.90 Å². The van der Waals surface area contributed by atoms with Gasteiger partial charge in [-0.3, -0.25) is 0 Å². The number of carbonyl (C=O) groups excluding carboxylic acids is 1. The summed E-state index contributed by atoms with van der Waals surface area (Å²) in [6.45, 7) is 1.74. The summed E-state index contributed by atoms with van der Waals surface area (Å²) >= 11 is 0. The van der Waals surface area contributed by atoms with E-state index in [2.05, 4.69) is 24.3 Å². The zero-order chi connectivity index (χ0) is 15.9. The first kappa shape index (κ1) is 15.6. The quantitative estimate of drug-likeness (QED) is 0.759. The SMILES string of the molecule is O=C(OCc1ccccc1)N1CC=C(CC2=CCCC=C2)CC1. The molecule has 1 heterocycles. The van der Waals surface area contributed by atoms with Crippen molar-refractivity contribution in [3.05, 3.63) is 71.3 Å². The number of rotatable bonds is 4. The Morgan fingerprint density at radius 3 is 2.70 bits per heavy atom.